The number of nitro benzene ring substituents is 1. The Kier molecular flexibility index (Phi) is 5.15. The van der Waals surface area contributed by atoms with Crippen LogP contribution in [0.5, 0.6) is 0 Å². The Morgan fingerprint density at radius 1 is 1.20 bits per heavy atom. The molecule has 0 bridgehead atoms. The molecule has 0 amide bonds. The van der Waals surface area contributed by atoms with Crippen molar-refractivity contribution in [2.75, 3.05) is 0 Å². The summed E-state index contributed by atoms with van der Waals surface area (Å²) in [5.41, 5.74) is 2.17. The monoisotopic (exact) mass is 353 g/mol. The van der Waals surface area contributed by atoms with Crippen LogP contribution < -0.4 is 0 Å². The number of aryl methyl sites for hydroxylation is 1. The Bertz CT molecular complexity index is 604. The van der Waals surface area contributed by atoms with E-state index in [0.29, 0.717) is 5.02 Å². The quantitative estimate of drug-likeness (QED) is 0.414. The lowest BCUT2D eigenvalue weighted by atomic mass is 10.0. The molecular weight excluding hydrogens is 342 g/mol. The lowest BCUT2D eigenvalue weighted by Gasteiger charge is -2.10. The second-order valence-corrected chi connectivity index (χ2v) is 5.96. The molecule has 0 spiro atoms. The van der Waals surface area contributed by atoms with Crippen LogP contribution in [0.15, 0.2) is 48.5 Å². The highest BCUT2D eigenvalue weighted by molar-refractivity contribution is 9.09. The molecular formula is C15H13BrClNO2. The molecule has 2 aromatic rings. The van der Waals surface area contributed by atoms with E-state index in [9.17, 15) is 10.1 Å². The van der Waals surface area contributed by atoms with Gasteiger partial charge in [-0.05, 0) is 24.0 Å². The van der Waals surface area contributed by atoms with Crippen molar-refractivity contribution in [1.82, 2.24) is 0 Å². The molecule has 0 aromatic heterocycles. The molecule has 1 unspecified atom stereocenters. The van der Waals surface area contributed by atoms with Crippen LogP contribution in [-0.4, -0.2) is 4.92 Å². The Labute approximate surface area is 130 Å². The maximum Gasteiger partial charge on any atom is 0.270 e. The smallest absolute Gasteiger partial charge is 0.258 e. The van der Waals surface area contributed by atoms with Crippen molar-refractivity contribution in [1.29, 1.82) is 0 Å². The van der Waals surface area contributed by atoms with Gasteiger partial charge in [0.15, 0.2) is 0 Å². The second kappa shape index (κ2) is 6.86. The summed E-state index contributed by atoms with van der Waals surface area (Å²) in [6, 6.07) is 14.7. The first-order chi connectivity index (χ1) is 9.58. The van der Waals surface area contributed by atoms with Crippen LogP contribution in [0.4, 0.5) is 5.69 Å². The van der Waals surface area contributed by atoms with E-state index >= 15 is 0 Å². The summed E-state index contributed by atoms with van der Waals surface area (Å²) in [6.07, 6.45) is 1.64. The Balaban J connectivity index is 2.02. The minimum atomic E-state index is -0.438. The number of non-ortho nitro benzene ring substituents is 1. The minimum Gasteiger partial charge on any atom is -0.258 e. The molecule has 0 saturated carbocycles. The minimum absolute atomic E-state index is 0.0252. The fourth-order valence-electron chi connectivity index (χ4n) is 1.96. The lowest BCUT2D eigenvalue weighted by molar-refractivity contribution is -0.384. The van der Waals surface area contributed by atoms with Gasteiger partial charge in [0.05, 0.1) is 9.95 Å². The van der Waals surface area contributed by atoms with E-state index in [-0.39, 0.29) is 10.5 Å². The van der Waals surface area contributed by atoms with E-state index in [2.05, 4.69) is 28.1 Å². The third-order valence-corrected chi connectivity index (χ3v) is 4.41. The number of alkyl halides is 1. The summed E-state index contributed by atoms with van der Waals surface area (Å²) in [4.78, 5) is 10.5. The number of nitro groups is 1. The van der Waals surface area contributed by atoms with Crippen molar-refractivity contribution in [2.24, 2.45) is 0 Å². The molecule has 3 nitrogen and oxygen atoms in total. The number of rotatable bonds is 5. The number of nitrogens with zero attached hydrogens (tertiary/aromatic N) is 1. The number of benzene rings is 2. The average molecular weight is 355 g/mol. The largest absolute Gasteiger partial charge is 0.270 e. The van der Waals surface area contributed by atoms with Crippen molar-refractivity contribution in [2.45, 2.75) is 17.7 Å². The molecule has 0 aliphatic carbocycles. The van der Waals surface area contributed by atoms with E-state index in [1.807, 2.05) is 18.2 Å². The lowest BCUT2D eigenvalue weighted by Crippen LogP contribution is -1.95. The molecule has 2 rings (SSSR count). The number of hydrogen-bond acceptors (Lipinski definition) is 2. The van der Waals surface area contributed by atoms with Crippen LogP contribution in [0.25, 0.3) is 0 Å². The van der Waals surface area contributed by atoms with Crippen LogP contribution in [-0.2, 0) is 6.42 Å². The Morgan fingerprint density at radius 3 is 2.50 bits per heavy atom. The maximum atomic E-state index is 10.7. The molecule has 5 heteroatoms. The van der Waals surface area contributed by atoms with Crippen molar-refractivity contribution in [3.05, 3.63) is 74.8 Å². The van der Waals surface area contributed by atoms with Gasteiger partial charge < -0.3 is 0 Å². The summed E-state index contributed by atoms with van der Waals surface area (Å²) in [6.45, 7) is 0. The zero-order valence-electron chi connectivity index (χ0n) is 10.6. The third-order valence-electron chi connectivity index (χ3n) is 3.08. The zero-order chi connectivity index (χ0) is 14.5. The normalized spacial score (nSPS) is 12.1. The van der Waals surface area contributed by atoms with Crippen LogP contribution >= 0.6 is 27.5 Å². The Hall–Kier alpha value is -1.39. The highest BCUT2D eigenvalue weighted by Crippen LogP contribution is 2.30. The molecule has 0 aliphatic rings. The van der Waals surface area contributed by atoms with Crippen molar-refractivity contribution in [3.63, 3.8) is 0 Å². The summed E-state index contributed by atoms with van der Waals surface area (Å²) >= 11 is 9.74. The van der Waals surface area contributed by atoms with Crippen LogP contribution in [0, 0.1) is 10.1 Å². The van der Waals surface area contributed by atoms with Gasteiger partial charge in [-0.15, -0.1) is 0 Å². The first kappa shape index (κ1) is 15.0. The molecule has 1 atom stereocenters. The van der Waals surface area contributed by atoms with Crippen molar-refractivity contribution >= 4 is 33.2 Å². The molecule has 104 valence electrons. The third kappa shape index (κ3) is 3.81. The second-order valence-electron chi connectivity index (χ2n) is 4.45. The van der Waals surface area contributed by atoms with Gasteiger partial charge in [0.2, 0.25) is 0 Å². The van der Waals surface area contributed by atoms with Gasteiger partial charge in [0.25, 0.3) is 5.69 Å². The number of halogens is 2. The van der Waals surface area contributed by atoms with E-state index < -0.39 is 4.92 Å². The van der Waals surface area contributed by atoms with Crippen molar-refractivity contribution in [3.8, 4) is 0 Å². The van der Waals surface area contributed by atoms with E-state index in [4.69, 9.17) is 11.6 Å². The SMILES string of the molecule is O=[N+]([O-])c1ccc(CCC(Br)c2ccccc2)c(Cl)c1. The van der Waals surface area contributed by atoms with E-state index in [0.717, 1.165) is 18.4 Å². The summed E-state index contributed by atoms with van der Waals surface area (Å²) in [5.74, 6) is 0. The van der Waals surface area contributed by atoms with Gasteiger partial charge in [-0.3, -0.25) is 10.1 Å². The van der Waals surface area contributed by atoms with Gasteiger partial charge in [0, 0.05) is 17.0 Å². The average Bonchev–Trinajstić information content (AvgIpc) is 2.46. The molecule has 0 saturated heterocycles. The van der Waals surface area contributed by atoms with Crippen LogP contribution in [0.3, 0.4) is 0 Å². The topological polar surface area (TPSA) is 43.1 Å². The molecule has 0 radical (unpaired) electrons. The van der Waals surface area contributed by atoms with E-state index in [1.165, 1.54) is 17.7 Å². The maximum absolute atomic E-state index is 10.7. The molecule has 20 heavy (non-hydrogen) atoms. The highest BCUT2D eigenvalue weighted by atomic mass is 79.9. The van der Waals surface area contributed by atoms with Gasteiger partial charge in [-0.2, -0.15) is 0 Å². The zero-order valence-corrected chi connectivity index (χ0v) is 13.0. The first-order valence-electron chi connectivity index (χ1n) is 6.20. The molecule has 0 fully saturated rings. The van der Waals surface area contributed by atoms with Crippen LogP contribution in [0.1, 0.15) is 22.4 Å². The predicted molar refractivity (Wildman–Crippen MR) is 84.5 cm³/mol. The summed E-state index contributed by atoms with van der Waals surface area (Å²) < 4.78 is 0. The standard InChI is InChI=1S/C15H13BrClNO2/c16-14(11-4-2-1-3-5-11)9-7-12-6-8-13(18(19)20)10-15(12)17/h1-6,8,10,14H,7,9H2. The Morgan fingerprint density at radius 2 is 1.90 bits per heavy atom. The predicted octanol–water partition coefficient (Wildman–Crippen LogP) is 5.32. The molecule has 0 aliphatic heterocycles. The fraction of sp³-hybridized carbons (Fsp3) is 0.200. The van der Waals surface area contributed by atoms with Crippen LogP contribution in [0.2, 0.25) is 5.02 Å². The fourth-order valence-corrected chi connectivity index (χ4v) is 2.77. The number of hydrogen-bond donors (Lipinski definition) is 0. The molecule has 0 N–H and O–H groups in total. The van der Waals surface area contributed by atoms with Gasteiger partial charge in [-0.1, -0.05) is 63.9 Å². The highest BCUT2D eigenvalue weighted by Gasteiger charge is 2.12. The summed E-state index contributed by atoms with van der Waals surface area (Å²) in [7, 11) is 0. The molecule has 2 aromatic carbocycles. The molecule has 0 heterocycles. The van der Waals surface area contributed by atoms with Gasteiger partial charge in [0.1, 0.15) is 0 Å². The van der Waals surface area contributed by atoms with Crippen molar-refractivity contribution < 1.29 is 4.92 Å². The van der Waals surface area contributed by atoms with Gasteiger partial charge >= 0.3 is 0 Å². The van der Waals surface area contributed by atoms with E-state index in [1.54, 1.807) is 6.07 Å². The summed E-state index contributed by atoms with van der Waals surface area (Å²) in [5, 5.41) is 11.1. The van der Waals surface area contributed by atoms with Gasteiger partial charge in [-0.25, -0.2) is 0 Å². The first-order valence-corrected chi connectivity index (χ1v) is 7.49.